The molecule has 0 amide bonds. The highest BCUT2D eigenvalue weighted by Crippen LogP contribution is 2.48. The van der Waals surface area contributed by atoms with Gasteiger partial charge in [0, 0.05) is 11.8 Å². The minimum atomic E-state index is 0.139. The lowest BCUT2D eigenvalue weighted by Crippen LogP contribution is -2.26. The molecule has 128 valence electrons. The van der Waals surface area contributed by atoms with Crippen LogP contribution in [-0.2, 0) is 0 Å². The molecule has 2 aromatic heterocycles. The second-order valence-electron chi connectivity index (χ2n) is 8.54. The molecule has 0 N–H and O–H groups in total. The highest BCUT2D eigenvalue weighted by atomic mass is 15.0. The Hall–Kier alpha value is -2.35. The number of hydrogen-bond donors (Lipinski definition) is 0. The molecule has 1 aromatic carbocycles. The van der Waals surface area contributed by atoms with Crippen molar-refractivity contribution in [2.45, 2.75) is 40.5 Å². The molecule has 2 heterocycles. The Bertz CT molecular complexity index is 943. The van der Waals surface area contributed by atoms with E-state index in [9.17, 15) is 0 Å². The molecule has 1 aliphatic rings. The van der Waals surface area contributed by atoms with Crippen molar-refractivity contribution in [3.8, 4) is 11.3 Å². The standard InChI is InChI=1S/C23H26N2/c1-22(2)13-14-23(3,4)18(16-22)21-24-20(17-10-6-5-7-11-17)19-12-8-9-15-25(19)21/h5-12,15-16H,13-14H2,1-4H3. The molecule has 0 spiro atoms. The fourth-order valence-electron chi connectivity index (χ4n) is 3.83. The SMILES string of the molecule is CC1(C)C=C(c2nc(-c3ccccc3)c3ccccn23)C(C)(C)CC1. The number of allylic oxidation sites excluding steroid dienone is 2. The van der Waals surface area contributed by atoms with Crippen LogP contribution in [0.5, 0.6) is 0 Å². The van der Waals surface area contributed by atoms with E-state index in [1.54, 1.807) is 0 Å². The van der Waals surface area contributed by atoms with Crippen LogP contribution < -0.4 is 0 Å². The van der Waals surface area contributed by atoms with Gasteiger partial charge < -0.3 is 0 Å². The first-order valence-electron chi connectivity index (χ1n) is 9.14. The fourth-order valence-corrected chi connectivity index (χ4v) is 3.83. The van der Waals surface area contributed by atoms with Crippen LogP contribution in [0.15, 0.2) is 60.8 Å². The maximum atomic E-state index is 5.14. The third-order valence-electron chi connectivity index (χ3n) is 5.50. The van der Waals surface area contributed by atoms with Crippen LogP contribution in [0.1, 0.15) is 46.4 Å². The molecule has 1 aliphatic carbocycles. The summed E-state index contributed by atoms with van der Waals surface area (Å²) >= 11 is 0. The summed E-state index contributed by atoms with van der Waals surface area (Å²) in [7, 11) is 0. The second kappa shape index (κ2) is 5.59. The molecular weight excluding hydrogens is 304 g/mol. The average molecular weight is 330 g/mol. The summed E-state index contributed by atoms with van der Waals surface area (Å²) in [5.41, 5.74) is 5.14. The molecular formula is C23H26N2. The highest BCUT2D eigenvalue weighted by Gasteiger charge is 2.36. The van der Waals surface area contributed by atoms with Crippen LogP contribution in [-0.4, -0.2) is 9.38 Å². The Kier molecular flexibility index (Phi) is 3.61. The molecule has 0 unspecified atom stereocenters. The number of imidazole rings is 1. The van der Waals surface area contributed by atoms with E-state index in [1.807, 2.05) is 0 Å². The number of hydrogen-bond acceptors (Lipinski definition) is 1. The summed E-state index contributed by atoms with van der Waals surface area (Å²) in [4.78, 5) is 5.14. The number of pyridine rings is 1. The van der Waals surface area contributed by atoms with E-state index >= 15 is 0 Å². The molecule has 0 saturated heterocycles. The Labute approximate surface area is 150 Å². The minimum Gasteiger partial charge on any atom is -0.299 e. The number of aromatic nitrogens is 2. The summed E-state index contributed by atoms with van der Waals surface area (Å²) in [5.74, 6) is 1.09. The zero-order chi connectivity index (χ0) is 17.7. The summed E-state index contributed by atoms with van der Waals surface area (Å²) in [6.45, 7) is 9.35. The topological polar surface area (TPSA) is 17.3 Å². The predicted octanol–water partition coefficient (Wildman–Crippen LogP) is 6.23. The first kappa shape index (κ1) is 16.1. The molecule has 2 nitrogen and oxygen atoms in total. The van der Waals surface area contributed by atoms with Crippen molar-refractivity contribution in [2.75, 3.05) is 0 Å². The van der Waals surface area contributed by atoms with E-state index in [2.05, 4.69) is 92.9 Å². The Morgan fingerprint density at radius 2 is 1.60 bits per heavy atom. The van der Waals surface area contributed by atoms with Gasteiger partial charge in [-0.25, -0.2) is 4.98 Å². The predicted molar refractivity (Wildman–Crippen MR) is 105 cm³/mol. The van der Waals surface area contributed by atoms with Crippen LogP contribution in [0.25, 0.3) is 22.3 Å². The van der Waals surface area contributed by atoms with Gasteiger partial charge in [-0.05, 0) is 41.4 Å². The Balaban J connectivity index is 1.99. The van der Waals surface area contributed by atoms with Gasteiger partial charge in [0.2, 0.25) is 0 Å². The van der Waals surface area contributed by atoms with E-state index < -0.39 is 0 Å². The molecule has 0 fully saturated rings. The molecule has 0 bridgehead atoms. The quantitative estimate of drug-likeness (QED) is 0.544. The van der Waals surface area contributed by atoms with Gasteiger partial charge in [0.15, 0.2) is 0 Å². The van der Waals surface area contributed by atoms with Crippen LogP contribution in [0.3, 0.4) is 0 Å². The van der Waals surface area contributed by atoms with E-state index in [0.29, 0.717) is 0 Å². The van der Waals surface area contributed by atoms with Gasteiger partial charge in [-0.15, -0.1) is 0 Å². The maximum absolute atomic E-state index is 5.14. The number of benzene rings is 1. The lowest BCUT2D eigenvalue weighted by atomic mass is 9.67. The fraction of sp³-hybridized carbons (Fsp3) is 0.348. The molecule has 0 saturated carbocycles. The number of rotatable bonds is 2. The van der Waals surface area contributed by atoms with Gasteiger partial charge >= 0.3 is 0 Å². The Morgan fingerprint density at radius 3 is 2.36 bits per heavy atom. The minimum absolute atomic E-state index is 0.139. The average Bonchev–Trinajstić information content (AvgIpc) is 2.98. The third kappa shape index (κ3) is 2.80. The van der Waals surface area contributed by atoms with Gasteiger partial charge in [0.1, 0.15) is 5.82 Å². The van der Waals surface area contributed by atoms with Gasteiger partial charge in [0.05, 0.1) is 11.2 Å². The molecule has 2 heteroatoms. The van der Waals surface area contributed by atoms with Crippen molar-refractivity contribution >= 4 is 11.1 Å². The lowest BCUT2D eigenvalue weighted by molar-refractivity contribution is 0.310. The highest BCUT2D eigenvalue weighted by molar-refractivity contribution is 5.81. The molecule has 3 aromatic rings. The van der Waals surface area contributed by atoms with Crippen molar-refractivity contribution in [3.63, 3.8) is 0 Å². The van der Waals surface area contributed by atoms with Crippen LogP contribution in [0, 0.1) is 10.8 Å². The van der Waals surface area contributed by atoms with Crippen molar-refractivity contribution in [1.29, 1.82) is 0 Å². The third-order valence-corrected chi connectivity index (χ3v) is 5.50. The van der Waals surface area contributed by atoms with Crippen LogP contribution >= 0.6 is 0 Å². The first-order valence-corrected chi connectivity index (χ1v) is 9.14. The summed E-state index contributed by atoms with van der Waals surface area (Å²) in [6.07, 6.45) is 7.00. The van der Waals surface area contributed by atoms with Gasteiger partial charge in [0.25, 0.3) is 0 Å². The van der Waals surface area contributed by atoms with Gasteiger partial charge in [-0.3, -0.25) is 4.40 Å². The smallest absolute Gasteiger partial charge is 0.141 e. The van der Waals surface area contributed by atoms with Crippen molar-refractivity contribution in [3.05, 3.63) is 66.6 Å². The second-order valence-corrected chi connectivity index (χ2v) is 8.54. The van der Waals surface area contributed by atoms with Crippen LogP contribution in [0.2, 0.25) is 0 Å². The summed E-state index contributed by atoms with van der Waals surface area (Å²) < 4.78 is 2.26. The number of nitrogens with zero attached hydrogens (tertiary/aromatic N) is 2. The summed E-state index contributed by atoms with van der Waals surface area (Å²) in [6, 6.07) is 16.9. The normalized spacial score (nSPS) is 19.0. The molecule has 0 aliphatic heterocycles. The van der Waals surface area contributed by atoms with Gasteiger partial charge in [-0.2, -0.15) is 0 Å². The summed E-state index contributed by atoms with van der Waals surface area (Å²) in [5, 5.41) is 0. The molecule has 25 heavy (non-hydrogen) atoms. The lowest BCUT2D eigenvalue weighted by Gasteiger charge is -2.38. The zero-order valence-electron chi connectivity index (χ0n) is 15.6. The maximum Gasteiger partial charge on any atom is 0.141 e. The monoisotopic (exact) mass is 330 g/mol. The number of fused-ring (bicyclic) bond motifs is 1. The molecule has 0 atom stereocenters. The van der Waals surface area contributed by atoms with E-state index in [-0.39, 0.29) is 10.8 Å². The van der Waals surface area contributed by atoms with E-state index in [4.69, 9.17) is 4.98 Å². The van der Waals surface area contributed by atoms with Crippen molar-refractivity contribution in [1.82, 2.24) is 9.38 Å². The van der Waals surface area contributed by atoms with Gasteiger partial charge in [-0.1, -0.05) is 70.2 Å². The first-order chi connectivity index (χ1) is 11.9. The molecule has 4 rings (SSSR count). The van der Waals surface area contributed by atoms with E-state index in [0.717, 1.165) is 11.5 Å². The van der Waals surface area contributed by atoms with E-state index in [1.165, 1.54) is 29.5 Å². The largest absolute Gasteiger partial charge is 0.299 e. The zero-order valence-corrected chi connectivity index (χ0v) is 15.6. The van der Waals surface area contributed by atoms with Crippen molar-refractivity contribution in [2.24, 2.45) is 10.8 Å². The van der Waals surface area contributed by atoms with Crippen LogP contribution in [0.4, 0.5) is 0 Å². The van der Waals surface area contributed by atoms with Crippen molar-refractivity contribution < 1.29 is 0 Å². The Morgan fingerprint density at radius 1 is 0.880 bits per heavy atom. The molecule has 0 radical (unpaired) electrons.